The SMILES string of the molecule is Cc1cc(Cc2cnc(NC(=O)CCSc3nnnn3C)s2)ccc1Br. The monoisotopic (exact) mass is 452 g/mol. The van der Waals surface area contributed by atoms with Crippen molar-refractivity contribution in [2.75, 3.05) is 11.1 Å². The number of tetrazole rings is 1. The normalized spacial score (nSPS) is 10.9. The number of rotatable bonds is 7. The van der Waals surface area contributed by atoms with E-state index in [0.29, 0.717) is 22.5 Å². The Kier molecular flexibility index (Phi) is 6.38. The van der Waals surface area contributed by atoms with E-state index in [1.807, 2.05) is 6.20 Å². The van der Waals surface area contributed by atoms with Crippen molar-refractivity contribution in [3.63, 3.8) is 0 Å². The van der Waals surface area contributed by atoms with Gasteiger partial charge in [-0.3, -0.25) is 4.79 Å². The Hall–Kier alpha value is -1.78. The summed E-state index contributed by atoms with van der Waals surface area (Å²) in [5.74, 6) is 0.546. The first-order valence-electron chi connectivity index (χ1n) is 7.86. The molecule has 7 nitrogen and oxygen atoms in total. The predicted octanol–water partition coefficient (Wildman–Crippen LogP) is 3.45. The third-order valence-electron chi connectivity index (χ3n) is 3.54. The number of carbonyl (C=O) groups excluding carboxylic acids is 1. The highest BCUT2D eigenvalue weighted by atomic mass is 79.9. The Morgan fingerprint density at radius 3 is 3.00 bits per heavy atom. The minimum Gasteiger partial charge on any atom is -0.302 e. The summed E-state index contributed by atoms with van der Waals surface area (Å²) in [4.78, 5) is 17.5. The summed E-state index contributed by atoms with van der Waals surface area (Å²) in [6.45, 7) is 2.07. The molecule has 1 N–H and O–H groups in total. The summed E-state index contributed by atoms with van der Waals surface area (Å²) >= 11 is 6.46. The van der Waals surface area contributed by atoms with Gasteiger partial charge in [-0.2, -0.15) is 0 Å². The van der Waals surface area contributed by atoms with Crippen LogP contribution in [0.15, 0.2) is 34.0 Å². The van der Waals surface area contributed by atoms with Gasteiger partial charge in [0.1, 0.15) is 0 Å². The number of benzene rings is 1. The number of thiazole rings is 1. The molecular weight excluding hydrogens is 436 g/mol. The van der Waals surface area contributed by atoms with Crippen LogP contribution in [-0.2, 0) is 18.3 Å². The highest BCUT2D eigenvalue weighted by Crippen LogP contribution is 2.24. The maximum atomic E-state index is 12.1. The number of nitrogens with zero attached hydrogens (tertiary/aromatic N) is 5. The van der Waals surface area contributed by atoms with E-state index in [1.54, 1.807) is 11.7 Å². The van der Waals surface area contributed by atoms with E-state index < -0.39 is 0 Å². The van der Waals surface area contributed by atoms with Gasteiger partial charge in [0, 0.05) is 41.2 Å². The van der Waals surface area contributed by atoms with Crippen LogP contribution in [-0.4, -0.2) is 36.9 Å². The molecule has 3 aromatic rings. The van der Waals surface area contributed by atoms with Crippen molar-refractivity contribution in [3.05, 3.63) is 44.9 Å². The lowest BCUT2D eigenvalue weighted by molar-refractivity contribution is -0.115. The van der Waals surface area contributed by atoms with Crippen molar-refractivity contribution < 1.29 is 4.79 Å². The van der Waals surface area contributed by atoms with Crippen LogP contribution >= 0.6 is 39.0 Å². The molecule has 3 rings (SSSR count). The maximum Gasteiger partial charge on any atom is 0.226 e. The van der Waals surface area contributed by atoms with Crippen LogP contribution in [0.4, 0.5) is 5.13 Å². The number of aryl methyl sites for hydroxylation is 2. The van der Waals surface area contributed by atoms with Crippen molar-refractivity contribution in [1.29, 1.82) is 0 Å². The number of carbonyl (C=O) groups is 1. The third-order valence-corrected chi connectivity index (χ3v) is 6.36. The zero-order valence-electron chi connectivity index (χ0n) is 14.3. The van der Waals surface area contributed by atoms with E-state index in [4.69, 9.17) is 0 Å². The molecule has 1 amide bonds. The lowest BCUT2D eigenvalue weighted by atomic mass is 10.1. The molecule has 0 saturated carbocycles. The van der Waals surface area contributed by atoms with Crippen molar-refractivity contribution in [2.24, 2.45) is 7.05 Å². The van der Waals surface area contributed by atoms with Crippen molar-refractivity contribution in [1.82, 2.24) is 25.2 Å². The lowest BCUT2D eigenvalue weighted by Gasteiger charge is -2.03. The van der Waals surface area contributed by atoms with Gasteiger partial charge in [0.05, 0.1) is 0 Å². The Bertz CT molecular complexity index is 910. The summed E-state index contributed by atoms with van der Waals surface area (Å²) in [5.41, 5.74) is 2.43. The van der Waals surface area contributed by atoms with E-state index in [9.17, 15) is 4.79 Å². The molecule has 136 valence electrons. The van der Waals surface area contributed by atoms with Crippen LogP contribution in [0.5, 0.6) is 0 Å². The molecule has 26 heavy (non-hydrogen) atoms. The molecule has 1 aromatic carbocycles. The van der Waals surface area contributed by atoms with Crippen LogP contribution in [0.25, 0.3) is 0 Å². The summed E-state index contributed by atoms with van der Waals surface area (Å²) in [7, 11) is 1.77. The molecule has 0 atom stereocenters. The summed E-state index contributed by atoms with van der Waals surface area (Å²) in [5, 5.41) is 15.4. The molecule has 0 unspecified atom stereocenters. The van der Waals surface area contributed by atoms with Gasteiger partial charge in [-0.1, -0.05) is 39.8 Å². The van der Waals surface area contributed by atoms with Crippen LogP contribution in [0.1, 0.15) is 22.4 Å². The summed E-state index contributed by atoms with van der Waals surface area (Å²) < 4.78 is 2.69. The molecule has 0 aliphatic carbocycles. The number of halogens is 1. The highest BCUT2D eigenvalue weighted by molar-refractivity contribution is 9.10. The fourth-order valence-electron chi connectivity index (χ4n) is 2.23. The standard InChI is InChI=1S/C16H17BrN6OS2/c1-10-7-11(3-4-13(10)17)8-12-9-18-15(26-12)19-14(24)5-6-25-16-20-21-22-23(16)2/h3-4,7,9H,5-6,8H2,1-2H3,(H,18,19,24). The molecule has 2 heterocycles. The number of aromatic nitrogens is 5. The fourth-order valence-corrected chi connectivity index (χ4v) is 4.12. The highest BCUT2D eigenvalue weighted by Gasteiger charge is 2.09. The van der Waals surface area contributed by atoms with Gasteiger partial charge in [-0.05, 0) is 34.5 Å². The predicted molar refractivity (Wildman–Crippen MR) is 107 cm³/mol. The molecule has 2 aromatic heterocycles. The van der Waals surface area contributed by atoms with Gasteiger partial charge >= 0.3 is 0 Å². The largest absolute Gasteiger partial charge is 0.302 e. The minimum atomic E-state index is -0.0620. The zero-order chi connectivity index (χ0) is 18.5. The van der Waals surface area contributed by atoms with Crippen molar-refractivity contribution in [2.45, 2.75) is 24.9 Å². The topological polar surface area (TPSA) is 85.6 Å². The van der Waals surface area contributed by atoms with Gasteiger partial charge in [0.25, 0.3) is 0 Å². The average Bonchev–Trinajstić information content (AvgIpc) is 3.20. The number of thioether (sulfide) groups is 1. The van der Waals surface area contributed by atoms with E-state index in [2.05, 4.69) is 66.9 Å². The van der Waals surface area contributed by atoms with Crippen molar-refractivity contribution >= 4 is 50.1 Å². The van der Waals surface area contributed by atoms with Crippen molar-refractivity contribution in [3.8, 4) is 0 Å². The molecule has 0 aliphatic heterocycles. The van der Waals surface area contributed by atoms with Crippen LogP contribution < -0.4 is 5.32 Å². The number of hydrogen-bond donors (Lipinski definition) is 1. The second-order valence-electron chi connectivity index (χ2n) is 5.62. The Morgan fingerprint density at radius 2 is 2.27 bits per heavy atom. The molecule has 0 fully saturated rings. The molecule has 0 saturated heterocycles. The molecule has 0 aliphatic rings. The molecule has 0 spiro atoms. The first kappa shape index (κ1) is 19.0. The smallest absolute Gasteiger partial charge is 0.226 e. The second-order valence-corrected chi connectivity index (χ2v) is 8.66. The Labute approximate surface area is 167 Å². The maximum absolute atomic E-state index is 12.1. The van der Waals surface area contributed by atoms with Crippen LogP contribution in [0.2, 0.25) is 0 Å². The quantitative estimate of drug-likeness (QED) is 0.552. The lowest BCUT2D eigenvalue weighted by Crippen LogP contribution is -2.12. The Balaban J connectivity index is 1.48. The van der Waals surface area contributed by atoms with E-state index in [-0.39, 0.29) is 5.91 Å². The van der Waals surface area contributed by atoms with Crippen LogP contribution in [0.3, 0.4) is 0 Å². The van der Waals surface area contributed by atoms with Gasteiger partial charge in [0.15, 0.2) is 5.13 Å². The molecule has 0 radical (unpaired) electrons. The second kappa shape index (κ2) is 8.74. The number of nitrogens with one attached hydrogen (secondary N) is 1. The van der Waals surface area contributed by atoms with Gasteiger partial charge in [-0.25, -0.2) is 9.67 Å². The van der Waals surface area contributed by atoms with E-state index in [1.165, 1.54) is 34.2 Å². The molecule has 0 bridgehead atoms. The number of anilines is 1. The average molecular weight is 453 g/mol. The van der Waals surface area contributed by atoms with Gasteiger partial charge in [0.2, 0.25) is 11.1 Å². The van der Waals surface area contributed by atoms with E-state index in [0.717, 1.165) is 15.8 Å². The first-order chi connectivity index (χ1) is 12.5. The van der Waals surface area contributed by atoms with E-state index >= 15 is 0 Å². The molecular formula is C16H17BrN6OS2. The summed E-state index contributed by atoms with van der Waals surface area (Å²) in [6.07, 6.45) is 2.99. The Morgan fingerprint density at radius 1 is 1.42 bits per heavy atom. The van der Waals surface area contributed by atoms with Gasteiger partial charge < -0.3 is 5.32 Å². The minimum absolute atomic E-state index is 0.0620. The summed E-state index contributed by atoms with van der Waals surface area (Å²) in [6, 6.07) is 6.30. The fraction of sp³-hybridized carbons (Fsp3) is 0.312. The van der Waals surface area contributed by atoms with Crippen LogP contribution in [0, 0.1) is 6.92 Å². The number of hydrogen-bond acceptors (Lipinski definition) is 7. The van der Waals surface area contributed by atoms with Gasteiger partial charge in [-0.15, -0.1) is 16.4 Å². The zero-order valence-corrected chi connectivity index (χ0v) is 17.5. The third kappa shape index (κ3) is 5.12. The number of amides is 1. The first-order valence-corrected chi connectivity index (χ1v) is 10.5. The molecule has 10 heteroatoms.